The Kier molecular flexibility index (Phi) is 4.44. The number of carbonyl (C=O) groups is 1. The van der Waals surface area contributed by atoms with E-state index >= 15 is 0 Å². The number of allylic oxidation sites excluding steroid dienone is 1. The normalized spacial score (nSPS) is 13.1. The zero-order chi connectivity index (χ0) is 17.1. The van der Waals surface area contributed by atoms with E-state index in [0.29, 0.717) is 17.2 Å². The lowest BCUT2D eigenvalue weighted by molar-refractivity contribution is -0.384. The highest BCUT2D eigenvalue weighted by Gasteiger charge is 2.11. The van der Waals surface area contributed by atoms with Crippen molar-refractivity contribution < 1.29 is 14.5 Å². The molecule has 0 saturated heterocycles. The summed E-state index contributed by atoms with van der Waals surface area (Å²) in [5, 5.41) is 11.2. The molecule has 6 heteroatoms. The summed E-state index contributed by atoms with van der Waals surface area (Å²) in [4.78, 5) is 22.2. The Morgan fingerprint density at radius 3 is 2.67 bits per heavy atom. The molecule has 0 aromatic heterocycles. The summed E-state index contributed by atoms with van der Waals surface area (Å²) in [7, 11) is 0. The zero-order valence-corrected chi connectivity index (χ0v) is 13.2. The molecule has 0 amide bonds. The minimum absolute atomic E-state index is 0.0487. The molecular formula is C18H12ClNO4. The van der Waals surface area contributed by atoms with Gasteiger partial charge in [0.1, 0.15) is 12.4 Å². The zero-order valence-electron chi connectivity index (χ0n) is 12.4. The summed E-state index contributed by atoms with van der Waals surface area (Å²) in [5.74, 6) is 0.515. The van der Waals surface area contributed by atoms with Crippen molar-refractivity contribution in [1.29, 1.82) is 0 Å². The SMILES string of the molecule is O=C(/C=C\C1=Cc2cc(Cl)ccc2OC1)c1ccc([N+](=O)[O-])cc1. The molecule has 0 radical (unpaired) electrons. The molecule has 0 unspecified atom stereocenters. The van der Waals surface area contributed by atoms with Crippen LogP contribution in [0.4, 0.5) is 5.69 Å². The van der Waals surface area contributed by atoms with E-state index < -0.39 is 4.92 Å². The number of nitro benzene ring substituents is 1. The van der Waals surface area contributed by atoms with Gasteiger partial charge in [0.2, 0.25) is 0 Å². The van der Waals surface area contributed by atoms with Crippen molar-refractivity contribution in [2.24, 2.45) is 0 Å². The van der Waals surface area contributed by atoms with Crippen molar-refractivity contribution >= 4 is 29.1 Å². The molecule has 24 heavy (non-hydrogen) atoms. The van der Waals surface area contributed by atoms with Crippen LogP contribution in [0.3, 0.4) is 0 Å². The van der Waals surface area contributed by atoms with Gasteiger partial charge in [-0.25, -0.2) is 0 Å². The van der Waals surface area contributed by atoms with Crippen LogP contribution in [0.2, 0.25) is 5.02 Å². The monoisotopic (exact) mass is 341 g/mol. The number of nitro groups is 1. The van der Waals surface area contributed by atoms with Crippen LogP contribution in [-0.2, 0) is 0 Å². The van der Waals surface area contributed by atoms with Gasteiger partial charge in [-0.15, -0.1) is 0 Å². The largest absolute Gasteiger partial charge is 0.488 e. The van der Waals surface area contributed by atoms with Crippen LogP contribution in [-0.4, -0.2) is 17.3 Å². The fraction of sp³-hybridized carbons (Fsp3) is 0.0556. The Morgan fingerprint density at radius 2 is 1.96 bits per heavy atom. The average Bonchev–Trinajstić information content (AvgIpc) is 2.59. The lowest BCUT2D eigenvalue weighted by Gasteiger charge is -2.16. The molecule has 3 rings (SSSR count). The van der Waals surface area contributed by atoms with Crippen LogP contribution in [0.1, 0.15) is 15.9 Å². The molecule has 0 fully saturated rings. The van der Waals surface area contributed by atoms with E-state index in [1.54, 1.807) is 24.3 Å². The van der Waals surface area contributed by atoms with Crippen molar-refractivity contribution in [1.82, 2.24) is 0 Å². The number of carbonyl (C=O) groups excluding carboxylic acids is 1. The number of nitrogens with zero attached hydrogens (tertiary/aromatic N) is 1. The van der Waals surface area contributed by atoms with Gasteiger partial charge < -0.3 is 4.74 Å². The van der Waals surface area contributed by atoms with Crippen LogP contribution >= 0.6 is 11.6 Å². The second kappa shape index (κ2) is 6.68. The molecule has 2 aromatic carbocycles. The highest BCUT2D eigenvalue weighted by molar-refractivity contribution is 6.30. The second-order valence-electron chi connectivity index (χ2n) is 5.19. The van der Waals surface area contributed by atoms with Crippen molar-refractivity contribution in [2.75, 3.05) is 6.61 Å². The van der Waals surface area contributed by atoms with Gasteiger partial charge in [0.25, 0.3) is 5.69 Å². The van der Waals surface area contributed by atoms with Crippen molar-refractivity contribution in [3.05, 3.63) is 86.5 Å². The maximum atomic E-state index is 12.1. The number of hydrogen-bond donors (Lipinski definition) is 0. The predicted octanol–water partition coefficient (Wildman–Crippen LogP) is 4.46. The maximum absolute atomic E-state index is 12.1. The molecule has 0 saturated carbocycles. The Morgan fingerprint density at radius 1 is 1.21 bits per heavy atom. The van der Waals surface area contributed by atoms with Crippen molar-refractivity contribution in [2.45, 2.75) is 0 Å². The predicted molar refractivity (Wildman–Crippen MR) is 91.5 cm³/mol. The third-order valence-corrected chi connectivity index (χ3v) is 3.75. The molecule has 0 atom stereocenters. The first-order chi connectivity index (χ1) is 11.5. The van der Waals surface area contributed by atoms with Gasteiger partial charge in [-0.1, -0.05) is 17.7 Å². The highest BCUT2D eigenvalue weighted by Crippen LogP contribution is 2.29. The van der Waals surface area contributed by atoms with E-state index in [9.17, 15) is 14.9 Å². The molecule has 1 aliphatic heterocycles. The Bertz CT molecular complexity index is 869. The third-order valence-electron chi connectivity index (χ3n) is 3.52. The van der Waals surface area contributed by atoms with Crippen LogP contribution in [0.5, 0.6) is 5.75 Å². The first-order valence-corrected chi connectivity index (χ1v) is 7.50. The first kappa shape index (κ1) is 16.0. The molecule has 0 N–H and O–H groups in total. The van der Waals surface area contributed by atoms with Gasteiger partial charge in [0, 0.05) is 28.3 Å². The van der Waals surface area contributed by atoms with E-state index in [1.165, 1.54) is 30.3 Å². The van der Waals surface area contributed by atoms with Crippen molar-refractivity contribution in [3.63, 3.8) is 0 Å². The van der Waals surface area contributed by atoms with Gasteiger partial charge >= 0.3 is 0 Å². The topological polar surface area (TPSA) is 69.4 Å². The third kappa shape index (κ3) is 3.52. The number of benzene rings is 2. The minimum Gasteiger partial charge on any atom is -0.488 e. The van der Waals surface area contributed by atoms with Crippen molar-refractivity contribution in [3.8, 4) is 5.75 Å². The first-order valence-electron chi connectivity index (χ1n) is 7.13. The number of halogens is 1. The Labute approximate surface area is 143 Å². The maximum Gasteiger partial charge on any atom is 0.269 e. The molecule has 0 aliphatic carbocycles. The van der Waals surface area contributed by atoms with Gasteiger partial charge in [-0.05, 0) is 48.1 Å². The van der Waals surface area contributed by atoms with Crippen LogP contribution < -0.4 is 4.74 Å². The summed E-state index contributed by atoms with van der Waals surface area (Å²) in [6.45, 7) is 0.360. The van der Waals surface area contributed by atoms with Crippen LogP contribution in [0, 0.1) is 10.1 Å². The molecule has 1 aliphatic rings. The Hall–Kier alpha value is -2.92. The van der Waals surface area contributed by atoms with E-state index in [4.69, 9.17) is 16.3 Å². The quantitative estimate of drug-likeness (QED) is 0.356. The smallest absolute Gasteiger partial charge is 0.269 e. The fourth-order valence-corrected chi connectivity index (χ4v) is 2.47. The number of non-ortho nitro benzene ring substituents is 1. The van der Waals surface area contributed by atoms with E-state index in [0.717, 1.165) is 16.9 Å². The van der Waals surface area contributed by atoms with E-state index in [1.807, 2.05) is 6.08 Å². The summed E-state index contributed by atoms with van der Waals surface area (Å²) < 4.78 is 5.61. The lowest BCUT2D eigenvalue weighted by Crippen LogP contribution is -2.06. The Balaban J connectivity index is 1.76. The molecule has 120 valence electrons. The average molecular weight is 342 g/mol. The number of ether oxygens (including phenoxy) is 1. The molecule has 0 bridgehead atoms. The second-order valence-corrected chi connectivity index (χ2v) is 5.63. The van der Waals surface area contributed by atoms with Crippen LogP contribution in [0.15, 0.2) is 60.2 Å². The van der Waals surface area contributed by atoms with Crippen LogP contribution in [0.25, 0.3) is 6.08 Å². The van der Waals surface area contributed by atoms with Gasteiger partial charge in [0.15, 0.2) is 5.78 Å². The number of ketones is 1. The summed E-state index contributed by atoms with van der Waals surface area (Å²) in [6, 6.07) is 10.8. The molecule has 1 heterocycles. The molecule has 2 aromatic rings. The lowest BCUT2D eigenvalue weighted by atomic mass is 10.1. The van der Waals surface area contributed by atoms with Gasteiger partial charge in [-0.2, -0.15) is 0 Å². The summed E-state index contributed by atoms with van der Waals surface area (Å²) in [6.07, 6.45) is 5.00. The number of fused-ring (bicyclic) bond motifs is 1. The number of hydrogen-bond acceptors (Lipinski definition) is 4. The van der Waals surface area contributed by atoms with E-state index in [2.05, 4.69) is 0 Å². The molecule has 5 nitrogen and oxygen atoms in total. The summed E-state index contributed by atoms with van der Waals surface area (Å²) >= 11 is 5.96. The highest BCUT2D eigenvalue weighted by atomic mass is 35.5. The number of rotatable bonds is 4. The molecule has 0 spiro atoms. The summed E-state index contributed by atoms with van der Waals surface area (Å²) in [5.41, 5.74) is 2.03. The fourth-order valence-electron chi connectivity index (χ4n) is 2.29. The van der Waals surface area contributed by atoms with E-state index in [-0.39, 0.29) is 11.5 Å². The van der Waals surface area contributed by atoms with Gasteiger partial charge in [-0.3, -0.25) is 14.9 Å². The minimum atomic E-state index is -0.503. The standard InChI is InChI=1S/C18H12ClNO4/c19-15-4-8-18-14(10-15)9-12(11-24-18)1-7-17(21)13-2-5-16(6-3-13)20(22)23/h1-10H,11H2/b7-1-. The van der Waals surface area contributed by atoms with Gasteiger partial charge in [0.05, 0.1) is 4.92 Å². The molecular weight excluding hydrogens is 330 g/mol.